The third-order valence-corrected chi connectivity index (χ3v) is 4.53. The van der Waals surface area contributed by atoms with Gasteiger partial charge >= 0.3 is 6.03 Å². The largest absolute Gasteiger partial charge is 0.397 e. The quantitative estimate of drug-likeness (QED) is 0.751. The van der Waals surface area contributed by atoms with Gasteiger partial charge in [-0.15, -0.1) is 0 Å². The summed E-state index contributed by atoms with van der Waals surface area (Å²) in [5.74, 6) is -0.491. The smallest absolute Gasteiger partial charge is 0.320 e. The second-order valence-corrected chi connectivity index (χ2v) is 6.78. The van der Waals surface area contributed by atoms with E-state index in [2.05, 4.69) is 10.6 Å². The number of rotatable bonds is 4. The van der Waals surface area contributed by atoms with Crippen LogP contribution in [0.15, 0.2) is 53.4 Å². The second kappa shape index (κ2) is 6.48. The van der Waals surface area contributed by atoms with Crippen molar-refractivity contribution in [2.24, 2.45) is 0 Å². The molecular weight excluding hydrogens is 302 g/mol. The number of benzene rings is 2. The molecule has 22 heavy (non-hydrogen) atoms. The molecule has 0 heterocycles. The molecule has 0 radical (unpaired) electrons. The van der Waals surface area contributed by atoms with Gasteiger partial charge in [-0.3, -0.25) is 0 Å². The minimum absolute atomic E-state index is 0.164. The molecule has 7 heteroatoms. The van der Waals surface area contributed by atoms with Crippen molar-refractivity contribution >= 4 is 27.2 Å². The van der Waals surface area contributed by atoms with Crippen LogP contribution >= 0.6 is 0 Å². The predicted octanol–water partition coefficient (Wildman–Crippen LogP) is 2.13. The Morgan fingerprint density at radius 2 is 1.73 bits per heavy atom. The molecule has 6 nitrogen and oxygen atoms in total. The van der Waals surface area contributed by atoms with Crippen LogP contribution in [0.1, 0.15) is 5.56 Å². The normalized spacial score (nSPS) is 11.0. The van der Waals surface area contributed by atoms with Gasteiger partial charge in [0.05, 0.1) is 16.3 Å². The van der Waals surface area contributed by atoms with Crippen LogP contribution in [0, 0.1) is 6.92 Å². The number of carbonyl (C=O) groups excluding carboxylic acids is 1. The van der Waals surface area contributed by atoms with Gasteiger partial charge in [-0.1, -0.05) is 29.8 Å². The summed E-state index contributed by atoms with van der Waals surface area (Å²) in [7, 11) is -3.58. The molecule has 116 valence electrons. The molecule has 0 unspecified atom stereocenters. The highest BCUT2D eigenvalue weighted by Crippen LogP contribution is 2.16. The van der Waals surface area contributed by atoms with E-state index in [9.17, 15) is 13.2 Å². The van der Waals surface area contributed by atoms with Crippen LogP contribution in [-0.2, 0) is 9.84 Å². The standard InChI is InChI=1S/C15H17N3O3S/c1-11-6-8-12(9-7-11)22(20,21)10-17-15(19)18-14-5-3-2-4-13(14)16/h2-9H,10,16H2,1H3,(H2,17,18,19). The SMILES string of the molecule is Cc1ccc(S(=O)(=O)CNC(=O)Nc2ccccc2N)cc1. The van der Waals surface area contributed by atoms with Crippen LogP contribution in [0.3, 0.4) is 0 Å². The Bertz CT molecular complexity index is 771. The molecule has 0 aliphatic heterocycles. The molecule has 0 spiro atoms. The van der Waals surface area contributed by atoms with Gasteiger partial charge < -0.3 is 16.4 Å². The molecule has 0 aliphatic rings. The van der Waals surface area contributed by atoms with Gasteiger partial charge in [-0.2, -0.15) is 0 Å². The Morgan fingerprint density at radius 1 is 1.09 bits per heavy atom. The summed E-state index contributed by atoms with van der Waals surface area (Å²) in [6.07, 6.45) is 0. The molecule has 4 N–H and O–H groups in total. The lowest BCUT2D eigenvalue weighted by Gasteiger charge is -2.10. The van der Waals surface area contributed by atoms with Crippen LogP contribution in [0.5, 0.6) is 0 Å². The first kappa shape index (κ1) is 15.8. The third-order valence-electron chi connectivity index (χ3n) is 3.01. The molecule has 2 aromatic carbocycles. The number of hydrogen-bond donors (Lipinski definition) is 3. The van der Waals surface area contributed by atoms with Gasteiger partial charge in [0.2, 0.25) is 0 Å². The van der Waals surface area contributed by atoms with E-state index in [1.54, 1.807) is 36.4 Å². The Labute approximate surface area is 129 Å². The molecule has 0 saturated heterocycles. The summed E-state index contributed by atoms with van der Waals surface area (Å²) >= 11 is 0. The van der Waals surface area contributed by atoms with Crippen molar-refractivity contribution in [1.82, 2.24) is 5.32 Å². The fourth-order valence-electron chi connectivity index (χ4n) is 1.77. The highest BCUT2D eigenvalue weighted by Gasteiger charge is 2.15. The molecule has 0 bridgehead atoms. The number of hydrogen-bond acceptors (Lipinski definition) is 4. The zero-order valence-electron chi connectivity index (χ0n) is 12.0. The van der Waals surface area contributed by atoms with Gasteiger partial charge in [-0.25, -0.2) is 13.2 Å². The monoisotopic (exact) mass is 319 g/mol. The Morgan fingerprint density at radius 3 is 2.36 bits per heavy atom. The number of anilines is 2. The lowest BCUT2D eigenvalue weighted by molar-refractivity contribution is 0.253. The zero-order valence-corrected chi connectivity index (χ0v) is 12.9. The maximum atomic E-state index is 12.1. The fraction of sp³-hybridized carbons (Fsp3) is 0.133. The highest BCUT2D eigenvalue weighted by molar-refractivity contribution is 7.91. The maximum Gasteiger partial charge on any atom is 0.320 e. The van der Waals surface area contributed by atoms with Crippen LogP contribution in [0.25, 0.3) is 0 Å². The lowest BCUT2D eigenvalue weighted by atomic mass is 10.2. The third kappa shape index (κ3) is 3.98. The van der Waals surface area contributed by atoms with Crippen molar-refractivity contribution in [3.63, 3.8) is 0 Å². The van der Waals surface area contributed by atoms with Crippen molar-refractivity contribution in [2.75, 3.05) is 16.9 Å². The number of para-hydroxylation sites is 2. The minimum atomic E-state index is -3.58. The summed E-state index contributed by atoms with van der Waals surface area (Å²) in [6.45, 7) is 1.87. The summed E-state index contributed by atoms with van der Waals surface area (Å²) in [4.78, 5) is 11.9. The summed E-state index contributed by atoms with van der Waals surface area (Å²) in [5.41, 5.74) is 7.48. The summed E-state index contributed by atoms with van der Waals surface area (Å²) in [5, 5.41) is 4.82. The van der Waals surface area contributed by atoms with E-state index < -0.39 is 21.7 Å². The summed E-state index contributed by atoms with van der Waals surface area (Å²) in [6, 6.07) is 12.5. The van der Waals surface area contributed by atoms with Crippen molar-refractivity contribution < 1.29 is 13.2 Å². The number of aryl methyl sites for hydroxylation is 1. The average Bonchev–Trinajstić information content (AvgIpc) is 2.48. The molecule has 0 aromatic heterocycles. The van der Waals surface area contributed by atoms with Gasteiger partial charge in [0.15, 0.2) is 9.84 Å². The number of sulfone groups is 1. The van der Waals surface area contributed by atoms with Crippen molar-refractivity contribution in [2.45, 2.75) is 11.8 Å². The predicted molar refractivity (Wildman–Crippen MR) is 86.2 cm³/mol. The molecule has 2 rings (SSSR count). The molecule has 0 saturated carbocycles. The van der Waals surface area contributed by atoms with E-state index in [0.29, 0.717) is 11.4 Å². The van der Waals surface area contributed by atoms with Crippen LogP contribution in [0.2, 0.25) is 0 Å². The van der Waals surface area contributed by atoms with Crippen molar-refractivity contribution in [1.29, 1.82) is 0 Å². The topological polar surface area (TPSA) is 101 Å². The number of carbonyl (C=O) groups is 1. The molecule has 2 aromatic rings. The van der Waals surface area contributed by atoms with E-state index in [4.69, 9.17) is 5.73 Å². The molecule has 2 amide bonds. The van der Waals surface area contributed by atoms with Gasteiger partial charge in [-0.05, 0) is 31.2 Å². The number of nitrogens with two attached hydrogens (primary N) is 1. The minimum Gasteiger partial charge on any atom is -0.397 e. The van der Waals surface area contributed by atoms with E-state index >= 15 is 0 Å². The number of nitrogen functional groups attached to an aromatic ring is 1. The van der Waals surface area contributed by atoms with Gasteiger partial charge in [0.25, 0.3) is 0 Å². The number of nitrogens with one attached hydrogen (secondary N) is 2. The zero-order chi connectivity index (χ0) is 16.2. The Balaban J connectivity index is 1.98. The van der Waals surface area contributed by atoms with E-state index in [0.717, 1.165) is 5.56 Å². The van der Waals surface area contributed by atoms with Gasteiger partial charge in [0.1, 0.15) is 5.88 Å². The molecule has 0 fully saturated rings. The highest BCUT2D eigenvalue weighted by atomic mass is 32.2. The first-order valence-electron chi connectivity index (χ1n) is 6.57. The first-order valence-corrected chi connectivity index (χ1v) is 8.22. The van der Waals surface area contributed by atoms with E-state index in [1.165, 1.54) is 12.1 Å². The Kier molecular flexibility index (Phi) is 4.67. The fourth-order valence-corrected chi connectivity index (χ4v) is 2.81. The van der Waals surface area contributed by atoms with E-state index in [-0.39, 0.29) is 4.90 Å². The molecule has 0 aliphatic carbocycles. The van der Waals surface area contributed by atoms with Crippen molar-refractivity contribution in [3.8, 4) is 0 Å². The summed E-state index contributed by atoms with van der Waals surface area (Å²) < 4.78 is 24.2. The number of urea groups is 1. The van der Waals surface area contributed by atoms with Gasteiger partial charge in [0, 0.05) is 0 Å². The van der Waals surface area contributed by atoms with Crippen molar-refractivity contribution in [3.05, 3.63) is 54.1 Å². The molecular formula is C15H17N3O3S. The van der Waals surface area contributed by atoms with E-state index in [1.807, 2.05) is 6.92 Å². The van der Waals surface area contributed by atoms with Crippen LogP contribution < -0.4 is 16.4 Å². The Hall–Kier alpha value is -2.54. The first-order chi connectivity index (χ1) is 10.4. The number of amides is 2. The van der Waals surface area contributed by atoms with Crippen LogP contribution in [-0.4, -0.2) is 20.3 Å². The second-order valence-electron chi connectivity index (χ2n) is 4.79. The van der Waals surface area contributed by atoms with Crippen LogP contribution in [0.4, 0.5) is 16.2 Å². The molecule has 0 atom stereocenters. The maximum absolute atomic E-state index is 12.1. The average molecular weight is 319 g/mol. The lowest BCUT2D eigenvalue weighted by Crippen LogP contribution is -2.33.